The fourth-order valence-corrected chi connectivity index (χ4v) is 2.59. The normalized spacial score (nSPS) is 22.2. The van der Waals surface area contributed by atoms with Gasteiger partial charge >= 0.3 is 0 Å². The fraction of sp³-hybridized carbons (Fsp3) is 0.800. The summed E-state index contributed by atoms with van der Waals surface area (Å²) >= 11 is 0. The van der Waals surface area contributed by atoms with Crippen LogP contribution >= 0.6 is 0 Å². The molecular weight excluding hydrogens is 238 g/mol. The van der Waals surface area contributed by atoms with E-state index in [9.17, 15) is 4.79 Å². The Kier molecular flexibility index (Phi) is 7.10. The summed E-state index contributed by atoms with van der Waals surface area (Å²) < 4.78 is 0. The quantitative estimate of drug-likeness (QED) is 0.678. The van der Waals surface area contributed by atoms with Crippen LogP contribution in [0.2, 0.25) is 0 Å². The van der Waals surface area contributed by atoms with E-state index in [-0.39, 0.29) is 17.9 Å². The van der Waals surface area contributed by atoms with Crippen molar-refractivity contribution in [3.8, 4) is 0 Å². The van der Waals surface area contributed by atoms with Crippen molar-refractivity contribution in [2.45, 2.75) is 39.7 Å². The zero-order valence-electron chi connectivity index (χ0n) is 12.6. The second kappa shape index (κ2) is 8.33. The summed E-state index contributed by atoms with van der Waals surface area (Å²) in [5.74, 6) is 0.245. The smallest absolute Gasteiger partial charge is 0.229 e. The van der Waals surface area contributed by atoms with Crippen LogP contribution in [-0.4, -0.2) is 54.5 Å². The molecule has 0 aromatic rings. The van der Waals surface area contributed by atoms with Crippen molar-refractivity contribution in [2.75, 3.05) is 32.7 Å². The molecular formula is C15H29N3O. The molecule has 110 valence electrons. The van der Waals surface area contributed by atoms with E-state index < -0.39 is 0 Å². The Bertz CT molecular complexity index is 300. The van der Waals surface area contributed by atoms with E-state index in [4.69, 9.17) is 5.73 Å². The zero-order valence-corrected chi connectivity index (χ0v) is 12.6. The SMILES string of the molecule is CCN(CC)CCCN(CC)C(=O)C1C=CC(N)C1. The van der Waals surface area contributed by atoms with Gasteiger partial charge < -0.3 is 15.5 Å². The molecule has 19 heavy (non-hydrogen) atoms. The van der Waals surface area contributed by atoms with Crippen LogP contribution in [0.3, 0.4) is 0 Å². The third-order valence-corrected chi connectivity index (χ3v) is 3.92. The van der Waals surface area contributed by atoms with Crippen LogP contribution in [0.1, 0.15) is 33.6 Å². The molecule has 2 atom stereocenters. The molecule has 1 aliphatic carbocycles. The van der Waals surface area contributed by atoms with Crippen molar-refractivity contribution in [1.82, 2.24) is 9.80 Å². The summed E-state index contributed by atoms with van der Waals surface area (Å²) in [4.78, 5) is 16.7. The Balaban J connectivity index is 2.36. The molecule has 4 heteroatoms. The van der Waals surface area contributed by atoms with Crippen molar-refractivity contribution in [2.24, 2.45) is 11.7 Å². The summed E-state index contributed by atoms with van der Waals surface area (Å²) in [5, 5.41) is 0. The van der Waals surface area contributed by atoms with Crippen LogP contribution in [0.5, 0.6) is 0 Å². The molecule has 0 aromatic heterocycles. The largest absolute Gasteiger partial charge is 0.342 e. The predicted octanol–water partition coefficient (Wildman–Crippen LogP) is 1.47. The summed E-state index contributed by atoms with van der Waals surface area (Å²) in [6.45, 7) is 11.3. The van der Waals surface area contributed by atoms with Crippen LogP contribution < -0.4 is 5.73 Å². The molecule has 2 N–H and O–H groups in total. The average Bonchev–Trinajstić information content (AvgIpc) is 2.85. The van der Waals surface area contributed by atoms with Crippen molar-refractivity contribution in [3.63, 3.8) is 0 Å². The number of carbonyl (C=O) groups excluding carboxylic acids is 1. The van der Waals surface area contributed by atoms with Gasteiger partial charge in [-0.1, -0.05) is 26.0 Å². The number of amides is 1. The summed E-state index contributed by atoms with van der Waals surface area (Å²) in [5.41, 5.74) is 5.82. The summed E-state index contributed by atoms with van der Waals surface area (Å²) in [6.07, 6.45) is 5.74. The summed E-state index contributed by atoms with van der Waals surface area (Å²) in [6, 6.07) is 0.0586. The number of hydrogen-bond acceptors (Lipinski definition) is 3. The van der Waals surface area contributed by atoms with E-state index in [0.717, 1.165) is 45.6 Å². The Labute approximate surface area is 117 Å². The minimum Gasteiger partial charge on any atom is -0.342 e. The van der Waals surface area contributed by atoms with Crippen LogP contribution in [0.25, 0.3) is 0 Å². The molecule has 1 rings (SSSR count). The number of nitrogens with two attached hydrogens (primary N) is 1. The number of hydrogen-bond donors (Lipinski definition) is 1. The van der Waals surface area contributed by atoms with Crippen molar-refractivity contribution < 1.29 is 4.79 Å². The van der Waals surface area contributed by atoms with Crippen molar-refractivity contribution in [3.05, 3.63) is 12.2 Å². The Morgan fingerprint density at radius 2 is 1.84 bits per heavy atom. The lowest BCUT2D eigenvalue weighted by atomic mass is 10.1. The van der Waals surface area contributed by atoms with Gasteiger partial charge in [-0.3, -0.25) is 4.79 Å². The molecule has 2 unspecified atom stereocenters. The first kappa shape index (κ1) is 16.2. The third-order valence-electron chi connectivity index (χ3n) is 3.92. The molecule has 0 saturated heterocycles. The van der Waals surface area contributed by atoms with E-state index in [2.05, 4.69) is 18.7 Å². The molecule has 0 radical (unpaired) electrons. The Hall–Kier alpha value is -0.870. The highest BCUT2D eigenvalue weighted by Gasteiger charge is 2.26. The van der Waals surface area contributed by atoms with Gasteiger partial charge in [-0.15, -0.1) is 0 Å². The van der Waals surface area contributed by atoms with E-state index in [1.54, 1.807) is 0 Å². The van der Waals surface area contributed by atoms with Gasteiger partial charge in [0.1, 0.15) is 0 Å². The van der Waals surface area contributed by atoms with E-state index in [0.29, 0.717) is 0 Å². The van der Waals surface area contributed by atoms with E-state index >= 15 is 0 Å². The van der Waals surface area contributed by atoms with E-state index in [1.165, 1.54) is 0 Å². The molecule has 1 amide bonds. The minimum atomic E-state index is 0.00315. The van der Waals surface area contributed by atoms with E-state index in [1.807, 2.05) is 24.0 Å². The van der Waals surface area contributed by atoms with Gasteiger partial charge in [0.05, 0.1) is 5.92 Å². The van der Waals surface area contributed by atoms with Crippen molar-refractivity contribution in [1.29, 1.82) is 0 Å². The van der Waals surface area contributed by atoms with Crippen LogP contribution in [-0.2, 0) is 4.79 Å². The maximum absolute atomic E-state index is 12.3. The first-order valence-electron chi connectivity index (χ1n) is 7.57. The lowest BCUT2D eigenvalue weighted by Gasteiger charge is -2.25. The number of carbonyl (C=O) groups is 1. The molecule has 0 saturated carbocycles. The topological polar surface area (TPSA) is 49.6 Å². The zero-order chi connectivity index (χ0) is 14.3. The van der Waals surface area contributed by atoms with Crippen LogP contribution in [0.4, 0.5) is 0 Å². The molecule has 0 fully saturated rings. The highest BCUT2D eigenvalue weighted by molar-refractivity contribution is 5.81. The molecule has 0 spiro atoms. The van der Waals surface area contributed by atoms with Gasteiger partial charge in [0.15, 0.2) is 0 Å². The average molecular weight is 267 g/mol. The summed E-state index contributed by atoms with van der Waals surface area (Å²) in [7, 11) is 0. The maximum Gasteiger partial charge on any atom is 0.229 e. The predicted molar refractivity (Wildman–Crippen MR) is 79.9 cm³/mol. The Morgan fingerprint density at radius 1 is 1.16 bits per heavy atom. The van der Waals surface area contributed by atoms with Gasteiger partial charge in [-0.05, 0) is 39.4 Å². The second-order valence-electron chi connectivity index (χ2n) is 5.19. The number of rotatable bonds is 8. The molecule has 0 aliphatic heterocycles. The molecule has 0 heterocycles. The highest BCUT2D eigenvalue weighted by Crippen LogP contribution is 2.19. The minimum absolute atomic E-state index is 0.00315. The monoisotopic (exact) mass is 267 g/mol. The number of nitrogens with zero attached hydrogens (tertiary/aromatic N) is 2. The maximum atomic E-state index is 12.3. The van der Waals surface area contributed by atoms with Crippen LogP contribution in [0, 0.1) is 5.92 Å². The van der Waals surface area contributed by atoms with Gasteiger partial charge in [0.25, 0.3) is 0 Å². The third kappa shape index (κ3) is 4.96. The van der Waals surface area contributed by atoms with Crippen molar-refractivity contribution >= 4 is 5.91 Å². The first-order valence-corrected chi connectivity index (χ1v) is 7.57. The van der Waals surface area contributed by atoms with Gasteiger partial charge in [-0.25, -0.2) is 0 Å². The lowest BCUT2D eigenvalue weighted by Crippen LogP contribution is -2.38. The molecule has 0 bridgehead atoms. The van der Waals surface area contributed by atoms with Crippen LogP contribution in [0.15, 0.2) is 12.2 Å². The first-order chi connectivity index (χ1) is 9.12. The molecule has 4 nitrogen and oxygen atoms in total. The van der Waals surface area contributed by atoms with Gasteiger partial charge in [0, 0.05) is 19.1 Å². The molecule has 1 aliphatic rings. The fourth-order valence-electron chi connectivity index (χ4n) is 2.59. The lowest BCUT2D eigenvalue weighted by molar-refractivity contribution is -0.134. The highest BCUT2D eigenvalue weighted by atomic mass is 16.2. The Morgan fingerprint density at radius 3 is 2.32 bits per heavy atom. The second-order valence-corrected chi connectivity index (χ2v) is 5.19. The van der Waals surface area contributed by atoms with Gasteiger partial charge in [-0.2, -0.15) is 0 Å². The standard InChI is InChI=1S/C15H29N3O/c1-4-17(5-2)10-7-11-18(6-3)15(19)13-8-9-14(16)12-13/h8-9,13-14H,4-7,10-12,16H2,1-3H3. The molecule has 0 aromatic carbocycles. The van der Waals surface area contributed by atoms with Gasteiger partial charge in [0.2, 0.25) is 5.91 Å².